The minimum atomic E-state index is -1.28. The Morgan fingerprint density at radius 2 is 1.85 bits per heavy atom. The van der Waals surface area contributed by atoms with E-state index >= 15 is 0 Å². The standard InChI is InChI=1S/C25H27N5O4/c26-11-18-8-19(21-5-2-6-28-29-21)10-20(9-18)27-12-16-3-1-4-17(7-16)13-30-14-23(32)25(34)24(33)22(30)15-31/h1-10,22-25,27,31-34H,12-15H2/t22-,23+,24-,25-/m1/s1. The van der Waals surface area contributed by atoms with Crippen LogP contribution in [0.25, 0.3) is 11.3 Å². The van der Waals surface area contributed by atoms with Gasteiger partial charge < -0.3 is 25.7 Å². The number of likely N-dealkylation sites (tertiary alicyclic amines) is 1. The highest BCUT2D eigenvalue weighted by Crippen LogP contribution is 2.24. The molecule has 0 aliphatic carbocycles. The second-order valence-corrected chi connectivity index (χ2v) is 8.42. The lowest BCUT2D eigenvalue weighted by Crippen LogP contribution is -2.62. The molecule has 1 aliphatic rings. The van der Waals surface area contributed by atoms with Crippen LogP contribution in [-0.4, -0.2) is 73.0 Å². The van der Waals surface area contributed by atoms with Gasteiger partial charge in [-0.3, -0.25) is 4.90 Å². The maximum absolute atomic E-state index is 10.2. The number of anilines is 1. The first-order valence-corrected chi connectivity index (χ1v) is 11.0. The molecule has 0 spiro atoms. The van der Waals surface area contributed by atoms with E-state index in [1.54, 1.807) is 29.3 Å². The van der Waals surface area contributed by atoms with E-state index < -0.39 is 24.4 Å². The van der Waals surface area contributed by atoms with Gasteiger partial charge in [-0.25, -0.2) is 0 Å². The molecule has 0 unspecified atom stereocenters. The summed E-state index contributed by atoms with van der Waals surface area (Å²) in [5.41, 5.74) is 4.71. The highest BCUT2D eigenvalue weighted by Gasteiger charge is 2.40. The highest BCUT2D eigenvalue weighted by molar-refractivity contribution is 5.67. The summed E-state index contributed by atoms with van der Waals surface area (Å²) in [5.74, 6) is 0. The van der Waals surface area contributed by atoms with Crippen LogP contribution < -0.4 is 5.32 Å². The molecule has 4 atom stereocenters. The number of aliphatic hydroxyl groups excluding tert-OH is 4. The Kier molecular flexibility index (Phi) is 7.47. The van der Waals surface area contributed by atoms with Crippen molar-refractivity contribution in [2.75, 3.05) is 18.5 Å². The van der Waals surface area contributed by atoms with Crippen molar-refractivity contribution in [1.29, 1.82) is 5.26 Å². The molecular weight excluding hydrogens is 434 g/mol. The number of β-amino-alcohol motifs (C(OH)–C–C–N with tert-alkyl or cyclic N) is 1. The lowest BCUT2D eigenvalue weighted by atomic mass is 9.93. The third-order valence-corrected chi connectivity index (χ3v) is 6.02. The molecule has 9 heteroatoms. The van der Waals surface area contributed by atoms with E-state index in [1.807, 2.05) is 36.4 Å². The van der Waals surface area contributed by atoms with Gasteiger partial charge in [-0.1, -0.05) is 24.3 Å². The molecule has 1 aliphatic heterocycles. The van der Waals surface area contributed by atoms with Gasteiger partial charge in [0.1, 0.15) is 12.2 Å². The van der Waals surface area contributed by atoms with Crippen molar-refractivity contribution in [2.45, 2.75) is 37.4 Å². The van der Waals surface area contributed by atoms with Gasteiger partial charge in [0.15, 0.2) is 0 Å². The van der Waals surface area contributed by atoms with E-state index in [4.69, 9.17) is 0 Å². The van der Waals surface area contributed by atoms with Crippen molar-refractivity contribution in [3.63, 3.8) is 0 Å². The maximum Gasteiger partial charge on any atom is 0.109 e. The molecule has 1 saturated heterocycles. The second kappa shape index (κ2) is 10.7. The lowest BCUT2D eigenvalue weighted by Gasteiger charge is -2.43. The van der Waals surface area contributed by atoms with Gasteiger partial charge in [-0.15, -0.1) is 0 Å². The smallest absolute Gasteiger partial charge is 0.109 e. The number of aliphatic hydroxyl groups is 4. The first-order chi connectivity index (χ1) is 16.5. The minimum Gasteiger partial charge on any atom is -0.395 e. The molecule has 0 saturated carbocycles. The number of nitriles is 1. The Hall–Kier alpha value is -3.39. The van der Waals surface area contributed by atoms with Crippen LogP contribution in [-0.2, 0) is 13.1 Å². The Balaban J connectivity index is 1.47. The number of hydrogen-bond donors (Lipinski definition) is 5. The molecule has 1 fully saturated rings. The average Bonchev–Trinajstić information content (AvgIpc) is 2.87. The number of rotatable bonds is 7. The van der Waals surface area contributed by atoms with Crippen molar-refractivity contribution < 1.29 is 20.4 Å². The third-order valence-electron chi connectivity index (χ3n) is 6.02. The van der Waals surface area contributed by atoms with Crippen LogP contribution in [0.15, 0.2) is 60.8 Å². The predicted molar refractivity (Wildman–Crippen MR) is 125 cm³/mol. The summed E-state index contributed by atoms with van der Waals surface area (Å²) in [6.07, 6.45) is -1.99. The summed E-state index contributed by atoms with van der Waals surface area (Å²) in [6.45, 7) is 0.740. The molecule has 4 rings (SSSR count). The zero-order valence-corrected chi connectivity index (χ0v) is 18.5. The van der Waals surface area contributed by atoms with Gasteiger partial charge in [-0.2, -0.15) is 15.5 Å². The van der Waals surface area contributed by atoms with Gasteiger partial charge in [-0.05, 0) is 41.5 Å². The van der Waals surface area contributed by atoms with Gasteiger partial charge in [0, 0.05) is 37.1 Å². The van der Waals surface area contributed by atoms with Crippen LogP contribution in [0.1, 0.15) is 16.7 Å². The van der Waals surface area contributed by atoms with Gasteiger partial charge in [0.05, 0.1) is 36.1 Å². The topological polar surface area (TPSA) is 146 Å². The van der Waals surface area contributed by atoms with Crippen LogP contribution in [0.4, 0.5) is 5.69 Å². The van der Waals surface area contributed by atoms with Crippen LogP contribution >= 0.6 is 0 Å². The molecule has 1 aromatic heterocycles. The Morgan fingerprint density at radius 1 is 1.03 bits per heavy atom. The molecule has 0 amide bonds. The van der Waals surface area contributed by atoms with Gasteiger partial charge >= 0.3 is 0 Å². The summed E-state index contributed by atoms with van der Waals surface area (Å²) in [6, 6.07) is 18.4. The quantitative estimate of drug-likeness (QED) is 0.346. The van der Waals surface area contributed by atoms with Crippen molar-refractivity contribution in [3.05, 3.63) is 77.5 Å². The highest BCUT2D eigenvalue weighted by atomic mass is 16.4. The SMILES string of the molecule is N#Cc1cc(NCc2cccc(CN3C[C@H](O)[C@@H](O)[C@H](O)[C@H]3CO)c2)cc(-c2cccnn2)c1. The number of aromatic nitrogens is 2. The Morgan fingerprint density at radius 3 is 2.59 bits per heavy atom. The normalized spacial score (nSPS) is 22.8. The lowest BCUT2D eigenvalue weighted by molar-refractivity contribution is -0.147. The molecule has 176 valence electrons. The fourth-order valence-electron chi connectivity index (χ4n) is 4.23. The zero-order chi connectivity index (χ0) is 24.1. The molecule has 2 aromatic carbocycles. The molecule has 0 radical (unpaired) electrons. The fraction of sp³-hybridized carbons (Fsp3) is 0.320. The number of nitrogens with zero attached hydrogens (tertiary/aromatic N) is 4. The summed E-state index contributed by atoms with van der Waals surface area (Å²) in [5, 5.41) is 60.7. The van der Waals surface area contributed by atoms with E-state index in [0.717, 1.165) is 22.4 Å². The van der Waals surface area contributed by atoms with E-state index in [2.05, 4.69) is 21.6 Å². The molecule has 3 aromatic rings. The van der Waals surface area contributed by atoms with Crippen molar-refractivity contribution in [2.24, 2.45) is 0 Å². The van der Waals surface area contributed by atoms with Gasteiger partial charge in [0.25, 0.3) is 0 Å². The first kappa shape index (κ1) is 23.8. The van der Waals surface area contributed by atoms with E-state index in [0.29, 0.717) is 24.3 Å². The largest absolute Gasteiger partial charge is 0.395 e. The average molecular weight is 462 g/mol. The summed E-state index contributed by atoms with van der Waals surface area (Å²) >= 11 is 0. The third kappa shape index (κ3) is 5.39. The van der Waals surface area contributed by atoms with Crippen LogP contribution in [0.3, 0.4) is 0 Å². The number of nitrogens with one attached hydrogen (secondary N) is 1. The number of benzene rings is 2. The van der Waals surface area contributed by atoms with Gasteiger partial charge in [0.2, 0.25) is 0 Å². The summed E-state index contributed by atoms with van der Waals surface area (Å²) in [7, 11) is 0. The van der Waals surface area contributed by atoms with Crippen LogP contribution in [0, 0.1) is 11.3 Å². The van der Waals surface area contributed by atoms with E-state index in [-0.39, 0.29) is 13.2 Å². The molecule has 9 nitrogen and oxygen atoms in total. The van der Waals surface area contributed by atoms with E-state index in [1.165, 1.54) is 0 Å². The monoisotopic (exact) mass is 461 g/mol. The van der Waals surface area contributed by atoms with Crippen LogP contribution in [0.2, 0.25) is 0 Å². The minimum absolute atomic E-state index is 0.151. The zero-order valence-electron chi connectivity index (χ0n) is 18.5. The van der Waals surface area contributed by atoms with Crippen molar-refractivity contribution in [1.82, 2.24) is 15.1 Å². The molecule has 34 heavy (non-hydrogen) atoms. The predicted octanol–water partition coefficient (Wildman–Crippen LogP) is 0.887. The molecule has 0 bridgehead atoms. The molecule has 2 heterocycles. The molecule has 5 N–H and O–H groups in total. The number of hydrogen-bond acceptors (Lipinski definition) is 9. The summed E-state index contributed by atoms with van der Waals surface area (Å²) < 4.78 is 0. The Labute approximate surface area is 197 Å². The first-order valence-electron chi connectivity index (χ1n) is 11.0. The van der Waals surface area contributed by atoms with E-state index in [9.17, 15) is 25.7 Å². The second-order valence-electron chi connectivity index (χ2n) is 8.42. The summed E-state index contributed by atoms with van der Waals surface area (Å²) in [4.78, 5) is 1.78. The van der Waals surface area contributed by atoms with Crippen LogP contribution in [0.5, 0.6) is 0 Å². The maximum atomic E-state index is 10.2. The van der Waals surface area contributed by atoms with Crippen molar-refractivity contribution >= 4 is 5.69 Å². The van der Waals surface area contributed by atoms with Crippen molar-refractivity contribution in [3.8, 4) is 17.3 Å². The Bertz CT molecular complexity index is 1150. The fourth-order valence-corrected chi connectivity index (χ4v) is 4.23. The number of piperidine rings is 1. The molecular formula is C25H27N5O4.